The molecule has 1 aliphatic rings. The molecule has 0 heterocycles. The van der Waals surface area contributed by atoms with Crippen molar-refractivity contribution in [2.24, 2.45) is 5.92 Å². The first kappa shape index (κ1) is 14.2. The van der Waals surface area contributed by atoms with Crippen LogP contribution in [0.15, 0.2) is 17.0 Å². The maximum Gasteiger partial charge on any atom is 0.244 e. The molecule has 0 saturated heterocycles. The van der Waals surface area contributed by atoms with Gasteiger partial charge in [0.25, 0.3) is 0 Å². The summed E-state index contributed by atoms with van der Waals surface area (Å²) < 4.78 is 53.5. The third-order valence-electron chi connectivity index (χ3n) is 3.30. The number of nitrogens with one attached hydrogen (secondary N) is 1. The zero-order valence-electron chi connectivity index (χ0n) is 10.7. The Morgan fingerprint density at radius 3 is 2.42 bits per heavy atom. The smallest absolute Gasteiger partial charge is 0.244 e. The monoisotopic (exact) mass is 290 g/mol. The van der Waals surface area contributed by atoms with Crippen LogP contribution in [0.5, 0.6) is 0 Å². The Morgan fingerprint density at radius 1 is 1.32 bits per heavy atom. The zero-order valence-corrected chi connectivity index (χ0v) is 11.5. The fraction of sp³-hybridized carbons (Fsp3) is 0.500. The number of benzene rings is 1. The van der Waals surface area contributed by atoms with Crippen LogP contribution in [0.4, 0.5) is 14.5 Å². The van der Waals surface area contributed by atoms with Crippen LogP contribution in [0.25, 0.3) is 0 Å². The van der Waals surface area contributed by atoms with E-state index >= 15 is 0 Å². The number of sulfonamides is 1. The SMILES string of the molecule is CC(C)(NS(=O)(=O)c1cc(N)cc(F)c1F)C1CC1. The quantitative estimate of drug-likeness (QED) is 0.833. The second kappa shape index (κ2) is 4.42. The lowest BCUT2D eigenvalue weighted by molar-refractivity contribution is 0.398. The van der Waals surface area contributed by atoms with Crippen molar-refractivity contribution in [2.75, 3.05) is 5.73 Å². The predicted octanol–water partition coefficient (Wildman–Crippen LogP) is 2.01. The van der Waals surface area contributed by atoms with Gasteiger partial charge in [-0.25, -0.2) is 21.9 Å². The van der Waals surface area contributed by atoms with Crippen molar-refractivity contribution >= 4 is 15.7 Å². The Labute approximate surface area is 111 Å². The fourth-order valence-corrected chi connectivity index (χ4v) is 3.66. The maximum atomic E-state index is 13.6. The molecule has 1 fully saturated rings. The van der Waals surface area contributed by atoms with Crippen molar-refractivity contribution < 1.29 is 17.2 Å². The molecule has 3 N–H and O–H groups in total. The number of hydrogen-bond acceptors (Lipinski definition) is 3. The standard InChI is InChI=1S/C12H16F2N2O2S/c1-12(2,7-3-4-7)16-19(17,18)10-6-8(15)5-9(13)11(10)14/h5-7,16H,3-4,15H2,1-2H3. The van der Waals surface area contributed by atoms with Gasteiger partial charge in [0.2, 0.25) is 10.0 Å². The van der Waals surface area contributed by atoms with Gasteiger partial charge in [-0.3, -0.25) is 0 Å². The molecule has 0 spiro atoms. The van der Waals surface area contributed by atoms with E-state index in [4.69, 9.17) is 5.73 Å². The summed E-state index contributed by atoms with van der Waals surface area (Å²) >= 11 is 0. The highest BCUT2D eigenvalue weighted by atomic mass is 32.2. The molecule has 106 valence electrons. The van der Waals surface area contributed by atoms with E-state index in [1.54, 1.807) is 13.8 Å². The lowest BCUT2D eigenvalue weighted by Crippen LogP contribution is -2.45. The largest absolute Gasteiger partial charge is 0.399 e. The van der Waals surface area contributed by atoms with Gasteiger partial charge in [-0.05, 0) is 44.7 Å². The summed E-state index contributed by atoms with van der Waals surface area (Å²) in [6.07, 6.45) is 1.84. The minimum Gasteiger partial charge on any atom is -0.399 e. The molecule has 4 nitrogen and oxygen atoms in total. The second-order valence-electron chi connectivity index (χ2n) is 5.42. The number of nitrogens with two attached hydrogens (primary N) is 1. The van der Waals surface area contributed by atoms with Gasteiger partial charge in [0, 0.05) is 11.2 Å². The average molecular weight is 290 g/mol. The van der Waals surface area contributed by atoms with E-state index in [2.05, 4.69) is 4.72 Å². The van der Waals surface area contributed by atoms with E-state index in [-0.39, 0.29) is 11.6 Å². The molecule has 1 aliphatic carbocycles. The molecule has 1 saturated carbocycles. The fourth-order valence-electron chi connectivity index (χ4n) is 2.07. The topological polar surface area (TPSA) is 72.2 Å². The highest BCUT2D eigenvalue weighted by molar-refractivity contribution is 7.89. The highest BCUT2D eigenvalue weighted by Crippen LogP contribution is 2.40. The number of anilines is 1. The van der Waals surface area contributed by atoms with Gasteiger partial charge in [-0.15, -0.1) is 0 Å². The molecule has 0 atom stereocenters. The van der Waals surface area contributed by atoms with Gasteiger partial charge in [-0.2, -0.15) is 0 Å². The first-order valence-corrected chi connectivity index (χ1v) is 7.40. The van der Waals surface area contributed by atoms with E-state index in [0.717, 1.165) is 25.0 Å². The molecule has 1 aromatic carbocycles. The lowest BCUT2D eigenvalue weighted by atomic mass is 10.0. The summed E-state index contributed by atoms with van der Waals surface area (Å²) in [6.45, 7) is 3.45. The van der Waals surface area contributed by atoms with Crippen molar-refractivity contribution in [3.05, 3.63) is 23.8 Å². The normalized spacial score (nSPS) is 16.6. The van der Waals surface area contributed by atoms with Gasteiger partial charge in [0.15, 0.2) is 11.6 Å². The van der Waals surface area contributed by atoms with Gasteiger partial charge < -0.3 is 5.73 Å². The molecule has 0 radical (unpaired) electrons. The molecular weight excluding hydrogens is 274 g/mol. The number of nitrogen functional groups attached to an aromatic ring is 1. The van der Waals surface area contributed by atoms with Crippen LogP contribution in [-0.2, 0) is 10.0 Å². The van der Waals surface area contributed by atoms with Crippen LogP contribution in [0.3, 0.4) is 0 Å². The molecule has 0 aliphatic heterocycles. The first-order valence-electron chi connectivity index (χ1n) is 5.92. The Balaban J connectivity index is 2.39. The first-order chi connectivity index (χ1) is 8.63. The van der Waals surface area contributed by atoms with Crippen molar-refractivity contribution in [2.45, 2.75) is 37.1 Å². The summed E-state index contributed by atoms with van der Waals surface area (Å²) in [5.41, 5.74) is 4.54. The summed E-state index contributed by atoms with van der Waals surface area (Å²) in [6, 6.07) is 1.67. The minimum absolute atomic E-state index is 0.136. The molecule has 19 heavy (non-hydrogen) atoms. The Bertz CT molecular complexity index is 610. The molecule has 1 aromatic rings. The number of rotatable bonds is 4. The number of halogens is 2. The predicted molar refractivity (Wildman–Crippen MR) is 67.9 cm³/mol. The van der Waals surface area contributed by atoms with E-state index in [1.165, 1.54) is 0 Å². The van der Waals surface area contributed by atoms with E-state index in [0.29, 0.717) is 0 Å². The molecule has 0 aromatic heterocycles. The van der Waals surface area contributed by atoms with Gasteiger partial charge in [0.1, 0.15) is 4.90 Å². The van der Waals surface area contributed by atoms with Crippen LogP contribution in [0, 0.1) is 17.6 Å². The van der Waals surface area contributed by atoms with E-state index in [9.17, 15) is 17.2 Å². The second-order valence-corrected chi connectivity index (χ2v) is 7.07. The summed E-state index contributed by atoms with van der Waals surface area (Å²) in [5.74, 6) is -2.46. The van der Waals surface area contributed by atoms with Gasteiger partial charge in [0.05, 0.1) is 0 Å². The Morgan fingerprint density at radius 2 is 1.89 bits per heavy atom. The molecular formula is C12H16F2N2O2S. The third kappa shape index (κ3) is 2.87. The zero-order chi connectivity index (χ0) is 14.4. The summed E-state index contributed by atoms with van der Waals surface area (Å²) in [7, 11) is -4.14. The third-order valence-corrected chi connectivity index (χ3v) is 4.97. The van der Waals surface area contributed by atoms with E-state index in [1.807, 2.05) is 0 Å². The molecule has 0 bridgehead atoms. The lowest BCUT2D eigenvalue weighted by Gasteiger charge is -2.26. The highest BCUT2D eigenvalue weighted by Gasteiger charge is 2.41. The van der Waals surface area contributed by atoms with Crippen molar-refractivity contribution in [3.63, 3.8) is 0 Å². The van der Waals surface area contributed by atoms with Crippen molar-refractivity contribution in [1.29, 1.82) is 0 Å². The molecule has 0 unspecified atom stereocenters. The van der Waals surface area contributed by atoms with Crippen LogP contribution >= 0.6 is 0 Å². The van der Waals surface area contributed by atoms with Crippen molar-refractivity contribution in [1.82, 2.24) is 4.72 Å². The molecule has 7 heteroatoms. The minimum atomic E-state index is -4.14. The van der Waals surface area contributed by atoms with Gasteiger partial charge >= 0.3 is 0 Å². The Hall–Kier alpha value is -1.21. The average Bonchev–Trinajstić information content (AvgIpc) is 3.05. The number of hydrogen-bond donors (Lipinski definition) is 2. The molecule has 2 rings (SSSR count). The van der Waals surface area contributed by atoms with Gasteiger partial charge in [-0.1, -0.05) is 0 Å². The summed E-state index contributed by atoms with van der Waals surface area (Å²) in [5, 5.41) is 0. The van der Waals surface area contributed by atoms with Crippen LogP contribution < -0.4 is 10.5 Å². The van der Waals surface area contributed by atoms with Crippen molar-refractivity contribution in [3.8, 4) is 0 Å². The maximum absolute atomic E-state index is 13.6. The summed E-state index contributed by atoms with van der Waals surface area (Å²) in [4.78, 5) is -0.751. The Kier molecular flexibility index (Phi) is 3.30. The van der Waals surface area contributed by atoms with Crippen LogP contribution in [0.2, 0.25) is 0 Å². The van der Waals surface area contributed by atoms with Crippen LogP contribution in [0.1, 0.15) is 26.7 Å². The van der Waals surface area contributed by atoms with Crippen LogP contribution in [-0.4, -0.2) is 14.0 Å². The molecule has 0 amide bonds. The van der Waals surface area contributed by atoms with E-state index < -0.39 is 32.1 Å².